The van der Waals surface area contributed by atoms with E-state index in [2.05, 4.69) is 15.3 Å². The highest BCUT2D eigenvalue weighted by atomic mass is 32.2. The molecule has 0 saturated carbocycles. The van der Waals surface area contributed by atoms with Crippen LogP contribution in [-0.4, -0.2) is 38.4 Å². The van der Waals surface area contributed by atoms with Gasteiger partial charge >= 0.3 is 5.97 Å². The Hall–Kier alpha value is -2.32. The summed E-state index contributed by atoms with van der Waals surface area (Å²) in [6.45, 7) is 0. The van der Waals surface area contributed by atoms with Crippen LogP contribution in [0.25, 0.3) is 10.2 Å². The monoisotopic (exact) mass is 415 g/mol. The molecule has 0 spiro atoms. The van der Waals surface area contributed by atoms with Crippen LogP contribution < -0.4 is 5.32 Å². The molecular weight excluding hydrogens is 394 g/mol. The number of hydrogen-bond donors (Lipinski definition) is 3. The Morgan fingerprint density at radius 3 is 2.71 bits per heavy atom. The maximum absolute atomic E-state index is 11.9. The molecule has 0 bridgehead atoms. The first-order valence-electron chi connectivity index (χ1n) is 9.18. The zero-order valence-corrected chi connectivity index (χ0v) is 17.1. The fourth-order valence-corrected chi connectivity index (χ4v) is 5.25. The van der Waals surface area contributed by atoms with E-state index in [0.717, 1.165) is 35.0 Å². The normalized spacial score (nSPS) is 14.6. The third-order valence-corrected chi connectivity index (χ3v) is 6.70. The van der Waals surface area contributed by atoms with Gasteiger partial charge in [0.25, 0.3) is 0 Å². The fraction of sp³-hybridized carbons (Fsp3) is 0.350. The largest absolute Gasteiger partial charge is 0.508 e. The highest BCUT2D eigenvalue weighted by Gasteiger charge is 2.25. The Morgan fingerprint density at radius 2 is 2.00 bits per heavy atom. The smallest absolute Gasteiger partial charge is 0.326 e. The number of phenolic OH excluding ortho intramolecular Hbond substituents is 1. The SMILES string of the molecule is CSc1nc(NC(Cc2ccc(O)cc2)C(=O)O)c2c3c(sc2n1)CCCC3. The lowest BCUT2D eigenvalue weighted by Gasteiger charge is -2.18. The number of carboxylic acids is 1. The number of aromatic hydroxyl groups is 1. The first kappa shape index (κ1) is 19.0. The molecule has 2 aromatic heterocycles. The molecule has 146 valence electrons. The number of aromatic nitrogens is 2. The van der Waals surface area contributed by atoms with E-state index in [1.807, 2.05) is 6.26 Å². The lowest BCUT2D eigenvalue weighted by Crippen LogP contribution is -2.32. The van der Waals surface area contributed by atoms with Gasteiger partial charge in [-0.25, -0.2) is 14.8 Å². The highest BCUT2D eigenvalue weighted by molar-refractivity contribution is 7.98. The summed E-state index contributed by atoms with van der Waals surface area (Å²) < 4.78 is 0. The zero-order chi connectivity index (χ0) is 19.7. The van der Waals surface area contributed by atoms with Crippen LogP contribution >= 0.6 is 23.1 Å². The molecule has 8 heteroatoms. The van der Waals surface area contributed by atoms with Gasteiger partial charge in [-0.15, -0.1) is 11.3 Å². The van der Waals surface area contributed by atoms with E-state index in [1.165, 1.54) is 28.6 Å². The summed E-state index contributed by atoms with van der Waals surface area (Å²) in [5.41, 5.74) is 2.11. The molecule has 0 fully saturated rings. The van der Waals surface area contributed by atoms with Crippen LogP contribution in [0.15, 0.2) is 29.4 Å². The van der Waals surface area contributed by atoms with Crippen LogP contribution in [0.2, 0.25) is 0 Å². The van der Waals surface area contributed by atoms with Gasteiger partial charge < -0.3 is 15.5 Å². The van der Waals surface area contributed by atoms with E-state index in [-0.39, 0.29) is 5.75 Å². The van der Waals surface area contributed by atoms with E-state index >= 15 is 0 Å². The van der Waals surface area contributed by atoms with Gasteiger partial charge in [-0.3, -0.25) is 0 Å². The predicted octanol–water partition coefficient (Wildman–Crippen LogP) is 4.11. The molecule has 0 aliphatic heterocycles. The number of rotatable bonds is 6. The maximum Gasteiger partial charge on any atom is 0.326 e. The molecule has 1 aliphatic rings. The Labute approximate surface area is 171 Å². The van der Waals surface area contributed by atoms with Gasteiger partial charge in [0.1, 0.15) is 22.4 Å². The van der Waals surface area contributed by atoms with E-state index in [9.17, 15) is 15.0 Å². The minimum atomic E-state index is -0.936. The van der Waals surface area contributed by atoms with Crippen molar-refractivity contribution in [2.45, 2.75) is 43.3 Å². The number of carbonyl (C=O) groups is 1. The summed E-state index contributed by atoms with van der Waals surface area (Å²) in [5, 5.41) is 24.0. The number of benzene rings is 1. The highest BCUT2D eigenvalue weighted by Crippen LogP contribution is 2.39. The number of aliphatic carboxylic acids is 1. The Balaban J connectivity index is 1.72. The second-order valence-corrected chi connectivity index (χ2v) is 8.71. The van der Waals surface area contributed by atoms with E-state index in [1.54, 1.807) is 35.6 Å². The number of phenols is 1. The molecule has 0 amide bonds. The first-order valence-corrected chi connectivity index (χ1v) is 11.2. The molecule has 1 atom stereocenters. The maximum atomic E-state index is 11.9. The van der Waals surface area contributed by atoms with Crippen LogP contribution in [-0.2, 0) is 24.1 Å². The minimum absolute atomic E-state index is 0.163. The molecule has 2 heterocycles. The van der Waals surface area contributed by atoms with Crippen LogP contribution in [0, 0.1) is 0 Å². The van der Waals surface area contributed by atoms with Gasteiger partial charge in [-0.2, -0.15) is 0 Å². The quantitative estimate of drug-likeness (QED) is 0.412. The Bertz CT molecular complexity index is 1020. The molecule has 1 aromatic carbocycles. The molecule has 1 aliphatic carbocycles. The number of fused-ring (bicyclic) bond motifs is 3. The van der Waals surface area contributed by atoms with E-state index in [4.69, 9.17) is 0 Å². The van der Waals surface area contributed by atoms with Crippen LogP contribution in [0.1, 0.15) is 28.8 Å². The number of thiophene rings is 1. The summed E-state index contributed by atoms with van der Waals surface area (Å²) >= 11 is 3.16. The number of aryl methyl sites for hydroxylation is 2. The molecule has 0 saturated heterocycles. The number of carboxylic acid groups (broad SMARTS) is 1. The molecule has 0 radical (unpaired) electrons. The van der Waals surface area contributed by atoms with Gasteiger partial charge in [0, 0.05) is 11.3 Å². The van der Waals surface area contributed by atoms with Crippen molar-refractivity contribution < 1.29 is 15.0 Å². The predicted molar refractivity (Wildman–Crippen MR) is 113 cm³/mol. The Morgan fingerprint density at radius 1 is 1.25 bits per heavy atom. The van der Waals surface area contributed by atoms with E-state index in [0.29, 0.717) is 17.4 Å². The van der Waals surface area contributed by atoms with Crippen molar-refractivity contribution in [2.24, 2.45) is 0 Å². The summed E-state index contributed by atoms with van der Waals surface area (Å²) in [5.74, 6) is -0.162. The molecular formula is C20H21N3O3S2. The second kappa shape index (κ2) is 7.97. The number of thioether (sulfide) groups is 1. The van der Waals surface area contributed by atoms with Gasteiger partial charge in [0.05, 0.1) is 5.39 Å². The zero-order valence-electron chi connectivity index (χ0n) is 15.4. The van der Waals surface area contributed by atoms with Gasteiger partial charge in [-0.05, 0) is 55.2 Å². The van der Waals surface area contributed by atoms with Gasteiger partial charge in [-0.1, -0.05) is 23.9 Å². The van der Waals surface area contributed by atoms with Crippen molar-refractivity contribution in [3.05, 3.63) is 40.3 Å². The van der Waals surface area contributed by atoms with Crippen molar-refractivity contribution in [2.75, 3.05) is 11.6 Å². The van der Waals surface area contributed by atoms with Crippen molar-refractivity contribution in [1.29, 1.82) is 0 Å². The van der Waals surface area contributed by atoms with Crippen LogP contribution in [0.5, 0.6) is 5.75 Å². The summed E-state index contributed by atoms with van der Waals surface area (Å²) in [6.07, 6.45) is 6.58. The molecule has 6 nitrogen and oxygen atoms in total. The number of nitrogens with zero attached hydrogens (tertiary/aromatic N) is 2. The van der Waals surface area contributed by atoms with Crippen molar-refractivity contribution in [1.82, 2.24) is 9.97 Å². The Kier molecular flexibility index (Phi) is 5.41. The van der Waals surface area contributed by atoms with Crippen LogP contribution in [0.4, 0.5) is 5.82 Å². The van der Waals surface area contributed by atoms with Crippen molar-refractivity contribution >= 4 is 45.1 Å². The van der Waals surface area contributed by atoms with E-state index < -0.39 is 12.0 Å². The number of hydrogen-bond acceptors (Lipinski definition) is 7. The number of nitrogens with one attached hydrogen (secondary N) is 1. The van der Waals surface area contributed by atoms with Crippen LogP contribution in [0.3, 0.4) is 0 Å². The van der Waals surface area contributed by atoms with Crippen molar-refractivity contribution in [3.8, 4) is 5.75 Å². The average molecular weight is 416 g/mol. The lowest BCUT2D eigenvalue weighted by atomic mass is 9.97. The molecule has 4 rings (SSSR count). The van der Waals surface area contributed by atoms with Gasteiger partial charge in [0.2, 0.25) is 0 Å². The number of anilines is 1. The molecule has 28 heavy (non-hydrogen) atoms. The second-order valence-electron chi connectivity index (χ2n) is 6.86. The lowest BCUT2D eigenvalue weighted by molar-refractivity contribution is -0.137. The summed E-state index contributed by atoms with van der Waals surface area (Å²) in [6, 6.07) is 5.79. The standard InChI is InChI=1S/C20H21N3O3S2/c1-27-20-22-17(16-13-4-2-3-5-15(13)28-18(16)23-20)21-14(19(25)26)10-11-6-8-12(24)9-7-11/h6-9,14,24H,2-5,10H2,1H3,(H,25,26)(H,21,22,23). The first-order chi connectivity index (χ1) is 13.5. The molecule has 3 aromatic rings. The van der Waals surface area contributed by atoms with Gasteiger partial charge in [0.15, 0.2) is 5.16 Å². The topological polar surface area (TPSA) is 95.3 Å². The third kappa shape index (κ3) is 3.79. The summed E-state index contributed by atoms with van der Waals surface area (Å²) in [4.78, 5) is 23.5. The molecule has 3 N–H and O–H groups in total. The third-order valence-electron chi connectivity index (χ3n) is 4.96. The molecule has 1 unspecified atom stereocenters. The summed E-state index contributed by atoms with van der Waals surface area (Å²) in [7, 11) is 0. The van der Waals surface area contributed by atoms with Crippen molar-refractivity contribution in [3.63, 3.8) is 0 Å². The average Bonchev–Trinajstić information content (AvgIpc) is 3.07. The minimum Gasteiger partial charge on any atom is -0.508 e. The fourth-order valence-electron chi connectivity index (χ4n) is 3.57.